The molecule has 1 amide bonds. The highest BCUT2D eigenvalue weighted by molar-refractivity contribution is 8.26. The summed E-state index contributed by atoms with van der Waals surface area (Å²) in [5.74, 6) is 0.315. The number of thioether (sulfide) groups is 1. The van der Waals surface area contributed by atoms with E-state index < -0.39 is 5.97 Å². The van der Waals surface area contributed by atoms with Gasteiger partial charge in [-0.1, -0.05) is 68.2 Å². The summed E-state index contributed by atoms with van der Waals surface area (Å²) in [6.45, 7) is 6.54. The maximum Gasteiger partial charge on any atom is 0.379 e. The largest absolute Gasteiger partial charge is 0.449 e. The average molecular weight is 452 g/mol. The number of nitrogens with zero attached hydrogens (tertiary/aromatic N) is 1. The highest BCUT2D eigenvalue weighted by atomic mass is 32.2. The third-order valence-corrected chi connectivity index (χ3v) is 6.22. The molecular formula is C24H21NO4S2. The van der Waals surface area contributed by atoms with Crippen LogP contribution in [0.3, 0.4) is 0 Å². The SMILES string of the molecule is Cc1c(C(=O)Oc2ccc(/C=C3\SC(=S)N(CC(C)C)C3=O)cc2)oc2ccccc12. The van der Waals surface area contributed by atoms with Gasteiger partial charge in [0.25, 0.3) is 5.91 Å². The summed E-state index contributed by atoms with van der Waals surface area (Å²) >= 11 is 6.64. The molecule has 158 valence electrons. The molecule has 2 heterocycles. The summed E-state index contributed by atoms with van der Waals surface area (Å²) in [6, 6.07) is 14.5. The van der Waals surface area contributed by atoms with E-state index in [9.17, 15) is 9.59 Å². The number of carbonyl (C=O) groups is 2. The van der Waals surface area contributed by atoms with E-state index in [1.54, 1.807) is 35.2 Å². The molecule has 0 atom stereocenters. The number of furan rings is 1. The topological polar surface area (TPSA) is 59.8 Å². The Labute approximate surface area is 190 Å². The highest BCUT2D eigenvalue weighted by Gasteiger charge is 2.32. The predicted octanol–water partition coefficient (Wildman–Crippen LogP) is 5.82. The van der Waals surface area contributed by atoms with E-state index in [0.717, 1.165) is 16.5 Å². The quantitative estimate of drug-likeness (QED) is 0.211. The minimum absolute atomic E-state index is 0.0698. The fourth-order valence-electron chi connectivity index (χ4n) is 3.33. The van der Waals surface area contributed by atoms with Gasteiger partial charge in [0.05, 0.1) is 4.91 Å². The van der Waals surface area contributed by atoms with Crippen LogP contribution in [0.5, 0.6) is 5.75 Å². The Kier molecular flexibility index (Phi) is 5.98. The maximum atomic E-state index is 12.6. The van der Waals surface area contributed by atoms with Crippen molar-refractivity contribution in [3.05, 3.63) is 70.3 Å². The molecule has 5 nitrogen and oxygen atoms in total. The minimum atomic E-state index is -0.545. The van der Waals surface area contributed by atoms with Crippen molar-refractivity contribution in [2.45, 2.75) is 20.8 Å². The van der Waals surface area contributed by atoms with Gasteiger partial charge in [-0.2, -0.15) is 0 Å². The standard InChI is InChI=1S/C24H21NO4S2/c1-14(2)13-25-22(26)20(31-24(25)30)12-16-8-10-17(11-9-16)28-23(27)21-15(3)18-6-4-5-7-19(18)29-21/h4-12,14H,13H2,1-3H3/b20-12-. The highest BCUT2D eigenvalue weighted by Crippen LogP contribution is 2.33. The molecule has 1 saturated heterocycles. The second-order valence-corrected chi connectivity index (χ2v) is 9.37. The van der Waals surface area contributed by atoms with Crippen molar-refractivity contribution in [2.24, 2.45) is 5.92 Å². The molecule has 4 rings (SSSR count). The van der Waals surface area contributed by atoms with Gasteiger partial charge in [0, 0.05) is 17.5 Å². The zero-order valence-corrected chi connectivity index (χ0v) is 19.0. The summed E-state index contributed by atoms with van der Waals surface area (Å²) in [6.07, 6.45) is 1.80. The average Bonchev–Trinajstić information content (AvgIpc) is 3.21. The van der Waals surface area contributed by atoms with Crippen LogP contribution in [0.2, 0.25) is 0 Å². The van der Waals surface area contributed by atoms with Gasteiger partial charge in [-0.15, -0.1) is 0 Å². The van der Waals surface area contributed by atoms with Crippen LogP contribution in [0.15, 0.2) is 57.9 Å². The van der Waals surface area contributed by atoms with E-state index in [1.807, 2.05) is 31.2 Å². The number of fused-ring (bicyclic) bond motifs is 1. The Morgan fingerprint density at radius 2 is 1.90 bits per heavy atom. The number of para-hydroxylation sites is 1. The van der Waals surface area contributed by atoms with E-state index in [1.165, 1.54) is 11.8 Å². The molecule has 1 aromatic heterocycles. The van der Waals surface area contributed by atoms with E-state index >= 15 is 0 Å². The normalized spacial score (nSPS) is 15.5. The van der Waals surface area contributed by atoms with Crippen molar-refractivity contribution in [1.82, 2.24) is 4.90 Å². The van der Waals surface area contributed by atoms with Crippen molar-refractivity contribution < 1.29 is 18.7 Å². The monoisotopic (exact) mass is 451 g/mol. The molecule has 7 heteroatoms. The summed E-state index contributed by atoms with van der Waals surface area (Å²) in [7, 11) is 0. The number of hydrogen-bond donors (Lipinski definition) is 0. The molecule has 0 N–H and O–H groups in total. The molecule has 31 heavy (non-hydrogen) atoms. The Balaban J connectivity index is 1.48. The van der Waals surface area contributed by atoms with Gasteiger partial charge in [0.2, 0.25) is 5.76 Å². The molecule has 2 aromatic carbocycles. The van der Waals surface area contributed by atoms with Gasteiger partial charge >= 0.3 is 5.97 Å². The van der Waals surface area contributed by atoms with E-state index in [2.05, 4.69) is 13.8 Å². The molecule has 1 aliphatic rings. The molecule has 3 aromatic rings. The zero-order valence-electron chi connectivity index (χ0n) is 17.4. The number of hydrogen-bond acceptors (Lipinski definition) is 6. The van der Waals surface area contributed by atoms with Crippen LogP contribution in [0, 0.1) is 12.8 Å². The van der Waals surface area contributed by atoms with Crippen LogP contribution in [-0.4, -0.2) is 27.6 Å². The molecule has 1 fully saturated rings. The van der Waals surface area contributed by atoms with Crippen molar-refractivity contribution in [1.29, 1.82) is 0 Å². The van der Waals surface area contributed by atoms with Gasteiger partial charge in [0.1, 0.15) is 15.7 Å². The van der Waals surface area contributed by atoms with Gasteiger partial charge in [-0.3, -0.25) is 9.69 Å². The molecule has 0 aliphatic carbocycles. The van der Waals surface area contributed by atoms with Gasteiger partial charge in [-0.25, -0.2) is 4.79 Å². The second kappa shape index (κ2) is 8.69. The molecule has 0 unspecified atom stereocenters. The number of ether oxygens (including phenoxy) is 1. The predicted molar refractivity (Wildman–Crippen MR) is 127 cm³/mol. The van der Waals surface area contributed by atoms with Crippen molar-refractivity contribution in [2.75, 3.05) is 6.54 Å². The second-order valence-electron chi connectivity index (χ2n) is 7.70. The maximum absolute atomic E-state index is 12.6. The molecule has 0 spiro atoms. The first-order valence-corrected chi connectivity index (χ1v) is 11.1. The van der Waals surface area contributed by atoms with E-state index in [0.29, 0.717) is 33.0 Å². The zero-order chi connectivity index (χ0) is 22.1. The van der Waals surface area contributed by atoms with Gasteiger partial charge < -0.3 is 9.15 Å². The van der Waals surface area contributed by atoms with E-state index in [-0.39, 0.29) is 11.7 Å². The van der Waals surface area contributed by atoms with Crippen molar-refractivity contribution in [3.63, 3.8) is 0 Å². The number of aryl methyl sites for hydroxylation is 1. The van der Waals surface area contributed by atoms with Crippen molar-refractivity contribution >= 4 is 57.2 Å². The summed E-state index contributed by atoms with van der Waals surface area (Å²) < 4.78 is 11.7. The summed E-state index contributed by atoms with van der Waals surface area (Å²) in [5, 5.41) is 0.888. The van der Waals surface area contributed by atoms with Crippen LogP contribution in [0.1, 0.15) is 35.5 Å². The lowest BCUT2D eigenvalue weighted by Crippen LogP contribution is -2.31. The third-order valence-electron chi connectivity index (χ3n) is 4.84. The number of esters is 1. The van der Waals surface area contributed by atoms with Crippen LogP contribution in [0.25, 0.3) is 17.0 Å². The Hall–Kier alpha value is -2.90. The Morgan fingerprint density at radius 3 is 2.58 bits per heavy atom. The molecule has 0 bridgehead atoms. The van der Waals surface area contributed by atoms with Crippen LogP contribution in [-0.2, 0) is 4.79 Å². The smallest absolute Gasteiger partial charge is 0.379 e. The number of rotatable bonds is 5. The first-order valence-electron chi connectivity index (χ1n) is 9.89. The fourth-order valence-corrected chi connectivity index (χ4v) is 4.60. The summed E-state index contributed by atoms with van der Waals surface area (Å²) in [4.78, 5) is 27.4. The molecule has 0 radical (unpaired) electrons. The van der Waals surface area contributed by atoms with Gasteiger partial charge in [0.15, 0.2) is 0 Å². The fraction of sp³-hybridized carbons (Fsp3) is 0.208. The molecule has 1 aliphatic heterocycles. The van der Waals surface area contributed by atoms with Crippen LogP contribution in [0.4, 0.5) is 0 Å². The first kappa shape index (κ1) is 21.3. The lowest BCUT2D eigenvalue weighted by atomic mass is 10.1. The van der Waals surface area contributed by atoms with E-state index in [4.69, 9.17) is 21.4 Å². The molecular weight excluding hydrogens is 430 g/mol. The number of amides is 1. The number of thiocarbonyl (C=S) groups is 1. The van der Waals surface area contributed by atoms with Crippen LogP contribution >= 0.6 is 24.0 Å². The molecule has 0 saturated carbocycles. The number of carbonyl (C=O) groups excluding carboxylic acids is 2. The van der Waals surface area contributed by atoms with Crippen molar-refractivity contribution in [3.8, 4) is 5.75 Å². The minimum Gasteiger partial charge on any atom is -0.449 e. The summed E-state index contributed by atoms with van der Waals surface area (Å²) in [5.41, 5.74) is 2.22. The third kappa shape index (κ3) is 4.43. The van der Waals surface area contributed by atoms with Crippen LogP contribution < -0.4 is 4.74 Å². The Bertz CT molecular complexity index is 1210. The lowest BCUT2D eigenvalue weighted by Gasteiger charge is -2.16. The Morgan fingerprint density at radius 1 is 1.19 bits per heavy atom. The number of benzene rings is 2. The lowest BCUT2D eigenvalue weighted by molar-refractivity contribution is -0.122. The van der Waals surface area contributed by atoms with Gasteiger partial charge in [-0.05, 0) is 42.7 Å². The first-order chi connectivity index (χ1) is 14.8.